The summed E-state index contributed by atoms with van der Waals surface area (Å²) in [5, 5.41) is 2.98. The molecule has 1 amide bonds. The SMILES string of the molecule is O=C1NC[C@@H](c2ccc(F)cc2)C12CCCC2. The molecule has 3 rings (SSSR count). The van der Waals surface area contributed by atoms with E-state index >= 15 is 0 Å². The molecule has 3 heteroatoms. The topological polar surface area (TPSA) is 29.1 Å². The van der Waals surface area contributed by atoms with E-state index in [9.17, 15) is 9.18 Å². The van der Waals surface area contributed by atoms with E-state index in [1.54, 1.807) is 0 Å². The number of amides is 1. The van der Waals surface area contributed by atoms with Crippen LogP contribution < -0.4 is 5.32 Å². The molecule has 1 aliphatic heterocycles. The minimum absolute atomic E-state index is 0.198. The predicted octanol–water partition coefficient (Wildman–Crippen LogP) is 2.60. The minimum Gasteiger partial charge on any atom is -0.355 e. The third-order valence-electron chi connectivity index (χ3n) is 4.35. The number of carbonyl (C=O) groups is 1. The molecular formula is C14H16FNO. The van der Waals surface area contributed by atoms with Crippen molar-refractivity contribution in [2.24, 2.45) is 5.41 Å². The fraction of sp³-hybridized carbons (Fsp3) is 0.500. The number of hydrogen-bond acceptors (Lipinski definition) is 1. The number of nitrogens with one attached hydrogen (secondary N) is 1. The molecule has 2 fully saturated rings. The van der Waals surface area contributed by atoms with Crippen molar-refractivity contribution in [3.63, 3.8) is 0 Å². The maximum absolute atomic E-state index is 12.9. The van der Waals surface area contributed by atoms with Gasteiger partial charge in [-0.15, -0.1) is 0 Å². The van der Waals surface area contributed by atoms with Crippen molar-refractivity contribution in [1.82, 2.24) is 5.32 Å². The van der Waals surface area contributed by atoms with Gasteiger partial charge in [0.15, 0.2) is 0 Å². The summed E-state index contributed by atoms with van der Waals surface area (Å²) < 4.78 is 12.9. The first-order chi connectivity index (χ1) is 8.22. The van der Waals surface area contributed by atoms with E-state index in [0.29, 0.717) is 6.54 Å². The summed E-state index contributed by atoms with van der Waals surface area (Å²) in [5.74, 6) is 0.203. The van der Waals surface area contributed by atoms with Gasteiger partial charge >= 0.3 is 0 Å². The maximum atomic E-state index is 12.9. The van der Waals surface area contributed by atoms with Crippen LogP contribution in [0.4, 0.5) is 4.39 Å². The first-order valence-corrected chi connectivity index (χ1v) is 6.26. The summed E-state index contributed by atoms with van der Waals surface area (Å²) in [5.41, 5.74) is 0.879. The van der Waals surface area contributed by atoms with Crippen LogP contribution in [0.1, 0.15) is 37.2 Å². The van der Waals surface area contributed by atoms with Crippen molar-refractivity contribution in [2.75, 3.05) is 6.54 Å². The number of rotatable bonds is 1. The lowest BCUT2D eigenvalue weighted by Crippen LogP contribution is -2.31. The van der Waals surface area contributed by atoms with Crippen LogP contribution in [0, 0.1) is 11.2 Å². The van der Waals surface area contributed by atoms with Crippen LogP contribution in [-0.4, -0.2) is 12.5 Å². The van der Waals surface area contributed by atoms with Gasteiger partial charge in [-0.3, -0.25) is 4.79 Å². The molecule has 1 aromatic rings. The highest BCUT2D eigenvalue weighted by atomic mass is 19.1. The average molecular weight is 233 g/mol. The lowest BCUT2D eigenvalue weighted by Gasteiger charge is -2.27. The second-order valence-electron chi connectivity index (χ2n) is 5.18. The number of carbonyl (C=O) groups excluding carboxylic acids is 1. The van der Waals surface area contributed by atoms with Gasteiger partial charge < -0.3 is 5.32 Å². The largest absolute Gasteiger partial charge is 0.355 e. The average Bonchev–Trinajstić information content (AvgIpc) is 2.92. The molecule has 1 saturated heterocycles. The highest BCUT2D eigenvalue weighted by Gasteiger charge is 2.51. The Kier molecular flexibility index (Phi) is 2.42. The quantitative estimate of drug-likeness (QED) is 0.793. The Labute approximate surface area is 100 Å². The normalized spacial score (nSPS) is 26.4. The molecular weight excluding hydrogens is 217 g/mol. The van der Waals surface area contributed by atoms with Crippen molar-refractivity contribution >= 4 is 5.91 Å². The number of halogens is 1. The fourth-order valence-electron chi connectivity index (χ4n) is 3.44. The molecule has 17 heavy (non-hydrogen) atoms. The Hall–Kier alpha value is -1.38. The van der Waals surface area contributed by atoms with E-state index in [1.807, 2.05) is 12.1 Å². The highest BCUT2D eigenvalue weighted by molar-refractivity contribution is 5.86. The Morgan fingerprint density at radius 1 is 1.18 bits per heavy atom. The van der Waals surface area contributed by atoms with Crippen molar-refractivity contribution in [3.8, 4) is 0 Å². The second kappa shape index (κ2) is 3.83. The molecule has 1 atom stereocenters. The van der Waals surface area contributed by atoms with Gasteiger partial charge in [0.2, 0.25) is 5.91 Å². The van der Waals surface area contributed by atoms with Crippen molar-refractivity contribution < 1.29 is 9.18 Å². The van der Waals surface area contributed by atoms with Gasteiger partial charge in [-0.25, -0.2) is 4.39 Å². The minimum atomic E-state index is -0.216. The third kappa shape index (κ3) is 1.56. The molecule has 1 saturated carbocycles. The first-order valence-electron chi connectivity index (χ1n) is 6.26. The zero-order valence-electron chi connectivity index (χ0n) is 9.71. The van der Waals surface area contributed by atoms with Gasteiger partial charge in [0.05, 0.1) is 5.41 Å². The second-order valence-corrected chi connectivity index (χ2v) is 5.18. The summed E-state index contributed by atoms with van der Waals surface area (Å²) in [6.07, 6.45) is 4.21. The van der Waals surface area contributed by atoms with Crippen LogP contribution >= 0.6 is 0 Å². The molecule has 1 aromatic carbocycles. The molecule has 0 unspecified atom stereocenters. The van der Waals surface area contributed by atoms with Crippen molar-refractivity contribution in [1.29, 1.82) is 0 Å². The van der Waals surface area contributed by atoms with E-state index in [0.717, 1.165) is 31.2 Å². The molecule has 2 aliphatic rings. The van der Waals surface area contributed by atoms with Gasteiger partial charge in [0.25, 0.3) is 0 Å². The summed E-state index contributed by atoms with van der Waals surface area (Å²) in [6.45, 7) is 0.699. The van der Waals surface area contributed by atoms with Gasteiger partial charge in [-0.1, -0.05) is 25.0 Å². The molecule has 1 spiro atoms. The molecule has 0 aromatic heterocycles. The highest BCUT2D eigenvalue weighted by Crippen LogP contribution is 2.51. The van der Waals surface area contributed by atoms with E-state index in [-0.39, 0.29) is 23.1 Å². The molecule has 0 bridgehead atoms. The zero-order chi connectivity index (χ0) is 11.9. The van der Waals surface area contributed by atoms with E-state index in [2.05, 4.69) is 5.32 Å². The van der Waals surface area contributed by atoms with Crippen molar-refractivity contribution in [3.05, 3.63) is 35.6 Å². The molecule has 1 aliphatic carbocycles. The lowest BCUT2D eigenvalue weighted by atomic mass is 9.73. The lowest BCUT2D eigenvalue weighted by molar-refractivity contribution is -0.127. The fourth-order valence-corrected chi connectivity index (χ4v) is 3.44. The summed E-state index contributed by atoms with van der Waals surface area (Å²) in [4.78, 5) is 12.1. The van der Waals surface area contributed by atoms with Gasteiger partial charge in [0.1, 0.15) is 5.82 Å². The van der Waals surface area contributed by atoms with E-state index in [1.165, 1.54) is 12.1 Å². The molecule has 1 N–H and O–H groups in total. The zero-order valence-corrected chi connectivity index (χ0v) is 9.71. The Morgan fingerprint density at radius 3 is 2.47 bits per heavy atom. The van der Waals surface area contributed by atoms with Crippen LogP contribution in [0.5, 0.6) is 0 Å². The predicted molar refractivity (Wildman–Crippen MR) is 63.1 cm³/mol. The van der Waals surface area contributed by atoms with Crippen LogP contribution in [-0.2, 0) is 4.79 Å². The van der Waals surface area contributed by atoms with E-state index < -0.39 is 0 Å². The Bertz CT molecular complexity index is 434. The summed E-state index contributed by atoms with van der Waals surface area (Å²) >= 11 is 0. The molecule has 90 valence electrons. The van der Waals surface area contributed by atoms with Crippen LogP contribution in [0.15, 0.2) is 24.3 Å². The van der Waals surface area contributed by atoms with E-state index in [4.69, 9.17) is 0 Å². The van der Waals surface area contributed by atoms with Crippen molar-refractivity contribution in [2.45, 2.75) is 31.6 Å². The smallest absolute Gasteiger partial charge is 0.226 e. The van der Waals surface area contributed by atoms with Crippen LogP contribution in [0.3, 0.4) is 0 Å². The van der Waals surface area contributed by atoms with Gasteiger partial charge in [-0.05, 0) is 30.5 Å². The monoisotopic (exact) mass is 233 g/mol. The van der Waals surface area contributed by atoms with Gasteiger partial charge in [0, 0.05) is 12.5 Å². The summed E-state index contributed by atoms with van der Waals surface area (Å²) in [6, 6.07) is 6.61. The number of hydrogen-bond donors (Lipinski definition) is 1. The Balaban J connectivity index is 1.97. The molecule has 0 radical (unpaired) electrons. The maximum Gasteiger partial charge on any atom is 0.226 e. The molecule has 2 nitrogen and oxygen atoms in total. The van der Waals surface area contributed by atoms with Crippen LogP contribution in [0.25, 0.3) is 0 Å². The molecule has 1 heterocycles. The standard InChI is InChI=1S/C14H16FNO/c15-11-5-3-10(4-6-11)12-9-16-13(17)14(12)7-1-2-8-14/h3-6,12H,1-2,7-9H2,(H,16,17)/t12-/m0/s1. The number of benzene rings is 1. The summed E-state index contributed by atoms with van der Waals surface area (Å²) in [7, 11) is 0. The van der Waals surface area contributed by atoms with Gasteiger partial charge in [-0.2, -0.15) is 0 Å². The first kappa shape index (κ1) is 10.8. The third-order valence-corrected chi connectivity index (χ3v) is 4.35. The van der Waals surface area contributed by atoms with Crippen LogP contribution in [0.2, 0.25) is 0 Å². The Morgan fingerprint density at radius 2 is 1.82 bits per heavy atom.